The van der Waals surface area contributed by atoms with Crippen LogP contribution >= 0.6 is 0 Å². The van der Waals surface area contributed by atoms with Crippen molar-refractivity contribution >= 4 is 16.9 Å². The molecule has 1 N–H and O–H groups in total. The second kappa shape index (κ2) is 11.3. The molecule has 0 fully saturated rings. The number of benzene rings is 2. The highest BCUT2D eigenvalue weighted by atomic mass is 16.5. The number of carbonyl (C=O) groups is 1. The van der Waals surface area contributed by atoms with Crippen molar-refractivity contribution in [3.8, 4) is 0 Å². The van der Waals surface area contributed by atoms with Gasteiger partial charge in [0.1, 0.15) is 6.54 Å². The van der Waals surface area contributed by atoms with Crippen LogP contribution in [0.25, 0.3) is 10.9 Å². The van der Waals surface area contributed by atoms with Crippen LogP contribution in [0.1, 0.15) is 54.4 Å². The molecule has 0 radical (unpaired) electrons. The molecule has 2 heterocycles. The van der Waals surface area contributed by atoms with Crippen LogP contribution in [-0.2, 0) is 29.2 Å². The Kier molecular flexibility index (Phi) is 7.90. The Morgan fingerprint density at radius 2 is 1.89 bits per heavy atom. The smallest absolute Gasteiger partial charge is 0.327 e. The molecule has 2 aromatic heterocycles. The average Bonchev–Trinajstić information content (AvgIpc) is 3.29. The zero-order valence-corrected chi connectivity index (χ0v) is 21.2. The lowest BCUT2D eigenvalue weighted by atomic mass is 10.0. The van der Waals surface area contributed by atoms with Crippen molar-refractivity contribution in [3.05, 3.63) is 87.0 Å². The zero-order chi connectivity index (χ0) is 25.7. The molecule has 0 spiro atoms. The number of aromatic amines is 1. The summed E-state index contributed by atoms with van der Waals surface area (Å²) in [6, 6.07) is 16.0. The van der Waals surface area contributed by atoms with E-state index in [1.165, 1.54) is 4.68 Å². The first-order valence-corrected chi connectivity index (χ1v) is 12.2. The molecular formula is C27H32N6O3. The van der Waals surface area contributed by atoms with E-state index in [1.807, 2.05) is 38.1 Å². The van der Waals surface area contributed by atoms with Crippen molar-refractivity contribution in [3.63, 3.8) is 0 Å². The average molecular weight is 489 g/mol. The number of nitrogens with zero attached hydrogens (tertiary/aromatic N) is 5. The van der Waals surface area contributed by atoms with Crippen molar-refractivity contribution in [2.75, 3.05) is 6.61 Å². The summed E-state index contributed by atoms with van der Waals surface area (Å²) in [6.45, 7) is 9.05. The monoisotopic (exact) mass is 488 g/mol. The molecule has 4 rings (SSSR count). The first-order valence-electron chi connectivity index (χ1n) is 12.2. The lowest BCUT2D eigenvalue weighted by molar-refractivity contribution is -0.144. The number of carbonyl (C=O) groups excluding carboxylic acids is 1. The van der Waals surface area contributed by atoms with Gasteiger partial charge in [-0.2, -0.15) is 0 Å². The van der Waals surface area contributed by atoms with Gasteiger partial charge in [-0.3, -0.25) is 14.5 Å². The summed E-state index contributed by atoms with van der Waals surface area (Å²) in [4.78, 5) is 30.6. The number of aryl methyl sites for hydroxylation is 2. The van der Waals surface area contributed by atoms with Crippen LogP contribution in [0, 0.1) is 13.8 Å². The summed E-state index contributed by atoms with van der Waals surface area (Å²) in [5.74, 6) is 0.164. The van der Waals surface area contributed by atoms with Crippen LogP contribution in [0.5, 0.6) is 0 Å². The fraction of sp³-hybridized carbons (Fsp3) is 0.370. The van der Waals surface area contributed by atoms with Gasteiger partial charge in [-0.1, -0.05) is 48.9 Å². The van der Waals surface area contributed by atoms with E-state index in [2.05, 4.69) is 56.6 Å². The first kappa shape index (κ1) is 25.2. The zero-order valence-electron chi connectivity index (χ0n) is 21.2. The van der Waals surface area contributed by atoms with E-state index in [0.29, 0.717) is 30.9 Å². The van der Waals surface area contributed by atoms with Crippen LogP contribution in [0.15, 0.2) is 53.3 Å². The van der Waals surface area contributed by atoms with Gasteiger partial charge < -0.3 is 9.72 Å². The molecule has 2 aromatic carbocycles. The number of H-pyrrole nitrogens is 1. The third-order valence-electron chi connectivity index (χ3n) is 6.24. The molecule has 36 heavy (non-hydrogen) atoms. The third kappa shape index (κ3) is 5.68. The highest BCUT2D eigenvalue weighted by molar-refractivity contribution is 5.82. The molecule has 0 aliphatic heterocycles. The maximum absolute atomic E-state index is 13.2. The number of rotatable bonds is 10. The lowest BCUT2D eigenvalue weighted by Gasteiger charge is -2.30. The molecule has 0 bridgehead atoms. The molecule has 0 unspecified atom stereocenters. The van der Waals surface area contributed by atoms with Crippen molar-refractivity contribution in [2.24, 2.45) is 0 Å². The number of nitrogens with one attached hydrogen (secondary N) is 1. The van der Waals surface area contributed by atoms with Crippen LogP contribution < -0.4 is 5.56 Å². The van der Waals surface area contributed by atoms with Crippen molar-refractivity contribution in [1.82, 2.24) is 30.1 Å². The minimum absolute atomic E-state index is 0.0685. The Morgan fingerprint density at radius 1 is 1.11 bits per heavy atom. The van der Waals surface area contributed by atoms with Gasteiger partial charge in [0.05, 0.1) is 18.2 Å². The third-order valence-corrected chi connectivity index (χ3v) is 6.24. The topological polar surface area (TPSA) is 106 Å². The largest absolute Gasteiger partial charge is 0.465 e. The molecule has 188 valence electrons. The maximum atomic E-state index is 13.2. The number of fused-ring (bicyclic) bond motifs is 1. The highest BCUT2D eigenvalue weighted by Crippen LogP contribution is 2.27. The van der Waals surface area contributed by atoms with E-state index in [9.17, 15) is 9.59 Å². The molecule has 0 aliphatic carbocycles. The Labute approximate surface area is 210 Å². The summed E-state index contributed by atoms with van der Waals surface area (Å²) in [5.41, 5.74) is 4.68. The number of hydrogen-bond donors (Lipinski definition) is 1. The number of aromatic nitrogens is 5. The van der Waals surface area contributed by atoms with Crippen LogP contribution in [0.2, 0.25) is 0 Å². The number of tetrazole rings is 1. The van der Waals surface area contributed by atoms with Crippen molar-refractivity contribution < 1.29 is 9.53 Å². The van der Waals surface area contributed by atoms with E-state index in [4.69, 9.17) is 4.74 Å². The Morgan fingerprint density at radius 3 is 2.61 bits per heavy atom. The normalized spacial score (nSPS) is 12.2. The number of pyridine rings is 1. The molecule has 0 amide bonds. The summed E-state index contributed by atoms with van der Waals surface area (Å²) in [7, 11) is 0. The van der Waals surface area contributed by atoms with Gasteiger partial charge >= 0.3 is 5.97 Å². The maximum Gasteiger partial charge on any atom is 0.327 e. The van der Waals surface area contributed by atoms with Crippen molar-refractivity contribution in [2.45, 2.75) is 59.8 Å². The summed E-state index contributed by atoms with van der Waals surface area (Å²) < 4.78 is 6.58. The molecule has 4 aromatic rings. The van der Waals surface area contributed by atoms with Crippen LogP contribution in [-0.4, -0.2) is 42.7 Å². The van der Waals surface area contributed by atoms with Crippen LogP contribution in [0.3, 0.4) is 0 Å². The van der Waals surface area contributed by atoms with E-state index < -0.39 is 5.97 Å². The molecule has 0 saturated heterocycles. The van der Waals surface area contributed by atoms with Gasteiger partial charge in [-0.25, -0.2) is 4.68 Å². The van der Waals surface area contributed by atoms with Gasteiger partial charge in [0.2, 0.25) is 0 Å². The first-order chi connectivity index (χ1) is 17.4. The van der Waals surface area contributed by atoms with Gasteiger partial charge in [0, 0.05) is 18.7 Å². The fourth-order valence-corrected chi connectivity index (χ4v) is 4.66. The van der Waals surface area contributed by atoms with Crippen molar-refractivity contribution in [1.29, 1.82) is 0 Å². The highest BCUT2D eigenvalue weighted by Gasteiger charge is 2.27. The van der Waals surface area contributed by atoms with Gasteiger partial charge in [0.15, 0.2) is 5.82 Å². The van der Waals surface area contributed by atoms with Gasteiger partial charge in [-0.05, 0) is 66.3 Å². The summed E-state index contributed by atoms with van der Waals surface area (Å²) in [5, 5.41) is 13.1. The molecule has 0 saturated carbocycles. The van der Waals surface area contributed by atoms with E-state index in [-0.39, 0.29) is 24.8 Å². The Balaban J connectivity index is 1.73. The number of esters is 1. The quantitative estimate of drug-likeness (QED) is 0.338. The molecule has 9 heteroatoms. The summed E-state index contributed by atoms with van der Waals surface area (Å²) >= 11 is 0. The van der Waals surface area contributed by atoms with Gasteiger partial charge in [-0.15, -0.1) is 5.10 Å². The fourth-order valence-electron chi connectivity index (χ4n) is 4.66. The number of ether oxygens (including phenoxy) is 1. The van der Waals surface area contributed by atoms with Gasteiger partial charge in [0.25, 0.3) is 5.56 Å². The molecule has 9 nitrogen and oxygen atoms in total. The molecular weight excluding hydrogens is 456 g/mol. The second-order valence-electron chi connectivity index (χ2n) is 8.98. The van der Waals surface area contributed by atoms with E-state index in [1.54, 1.807) is 6.92 Å². The SMILES string of the molecule is CCOC(=O)Cn1nnnc1[C@H](CC)N(Cc1ccccc1)Cc1cc2cc(C)cc(C)c2[nH]c1=O. The molecule has 0 aliphatic rings. The number of hydrogen-bond acceptors (Lipinski definition) is 7. The standard InChI is InChI=1S/C27H32N6O3/c1-5-23(26-29-30-31-33(26)17-24(34)36-6-2)32(15-20-10-8-7-9-11-20)16-22-14-21-13-18(3)12-19(4)25(21)28-27(22)35/h7-14,23H,5-6,15-17H2,1-4H3,(H,28,35)/t23-/m0/s1. The summed E-state index contributed by atoms with van der Waals surface area (Å²) in [6.07, 6.45) is 0.680. The van der Waals surface area contributed by atoms with Crippen LogP contribution in [0.4, 0.5) is 0 Å². The predicted molar refractivity (Wildman–Crippen MR) is 137 cm³/mol. The minimum atomic E-state index is -0.396. The van der Waals surface area contributed by atoms with E-state index in [0.717, 1.165) is 27.6 Å². The Hall–Kier alpha value is -3.85. The second-order valence-corrected chi connectivity index (χ2v) is 8.98. The predicted octanol–water partition coefficient (Wildman–Crippen LogP) is 3.85. The Bertz CT molecular complexity index is 1400. The molecule has 1 atom stereocenters. The van der Waals surface area contributed by atoms with E-state index >= 15 is 0 Å². The minimum Gasteiger partial charge on any atom is -0.465 e. The lowest BCUT2D eigenvalue weighted by Crippen LogP contribution is -2.33.